The highest BCUT2D eigenvalue weighted by Gasteiger charge is 2.28. The monoisotopic (exact) mass is 361 g/mol. The number of benzene rings is 1. The van der Waals surface area contributed by atoms with Crippen molar-refractivity contribution in [2.75, 3.05) is 32.4 Å². The van der Waals surface area contributed by atoms with E-state index in [1.807, 2.05) is 0 Å². The first kappa shape index (κ1) is 23.1. The Hall–Kier alpha value is -1.18. The van der Waals surface area contributed by atoms with Crippen LogP contribution in [0.15, 0.2) is 24.3 Å². The van der Waals surface area contributed by atoms with Crippen molar-refractivity contribution in [1.29, 1.82) is 0 Å². The quantitative estimate of drug-likeness (QED) is 0.604. The molecular weight excluding hydrogens is 342 g/mol. The molecule has 3 N–H and O–H groups in total. The van der Waals surface area contributed by atoms with Crippen molar-refractivity contribution < 1.29 is 18.0 Å². The molecule has 4 nitrogen and oxygen atoms in total. The van der Waals surface area contributed by atoms with Crippen LogP contribution in [0.3, 0.4) is 0 Å². The summed E-state index contributed by atoms with van der Waals surface area (Å²) in [4.78, 5) is 12.9. The Balaban J connectivity index is 0. The topological polar surface area (TPSA) is 58.4 Å². The van der Waals surface area contributed by atoms with Gasteiger partial charge < -0.3 is 11.1 Å². The molecule has 0 radical (unpaired) electrons. The van der Waals surface area contributed by atoms with Gasteiger partial charge in [-0.3, -0.25) is 9.69 Å². The van der Waals surface area contributed by atoms with Crippen LogP contribution in [0.5, 0.6) is 0 Å². The second-order valence-electron chi connectivity index (χ2n) is 4.55. The van der Waals surface area contributed by atoms with Crippen LogP contribution in [-0.2, 0) is 0 Å². The molecule has 0 aliphatic carbocycles. The highest BCUT2D eigenvalue weighted by atomic mass is 35.5. The molecule has 0 aliphatic heterocycles. The molecule has 1 rings (SSSR count). The Morgan fingerprint density at radius 3 is 2.41 bits per heavy atom. The second kappa shape index (κ2) is 10.5. The highest BCUT2D eigenvalue weighted by Crippen LogP contribution is 2.15. The zero-order valence-corrected chi connectivity index (χ0v) is 13.7. The van der Waals surface area contributed by atoms with Gasteiger partial charge in [0.15, 0.2) is 0 Å². The summed E-state index contributed by atoms with van der Waals surface area (Å²) >= 11 is 0. The average Bonchev–Trinajstić information content (AvgIpc) is 2.33. The Labute approximate surface area is 140 Å². The van der Waals surface area contributed by atoms with E-state index in [1.54, 1.807) is 24.3 Å². The molecule has 0 saturated carbocycles. The van der Waals surface area contributed by atoms with E-state index < -0.39 is 12.7 Å². The lowest BCUT2D eigenvalue weighted by Gasteiger charge is -2.18. The molecule has 0 spiro atoms. The van der Waals surface area contributed by atoms with Crippen LogP contribution in [0.1, 0.15) is 16.8 Å². The van der Waals surface area contributed by atoms with Crippen molar-refractivity contribution in [3.05, 3.63) is 29.8 Å². The molecular formula is C13H20Cl2F3N3O. The Morgan fingerprint density at radius 1 is 1.27 bits per heavy atom. The largest absolute Gasteiger partial charge is 0.401 e. The van der Waals surface area contributed by atoms with E-state index in [1.165, 1.54) is 11.9 Å². The molecule has 0 saturated heterocycles. The van der Waals surface area contributed by atoms with Crippen molar-refractivity contribution in [2.24, 2.45) is 0 Å². The van der Waals surface area contributed by atoms with Gasteiger partial charge in [-0.2, -0.15) is 13.2 Å². The maximum atomic E-state index is 12.1. The molecule has 0 unspecified atom stereocenters. The Kier molecular flexibility index (Phi) is 11.1. The maximum absolute atomic E-state index is 12.1. The lowest BCUT2D eigenvalue weighted by Crippen LogP contribution is -2.33. The number of carbonyl (C=O) groups is 1. The van der Waals surface area contributed by atoms with Crippen molar-refractivity contribution >= 4 is 36.4 Å². The zero-order valence-electron chi connectivity index (χ0n) is 12.0. The Morgan fingerprint density at radius 2 is 1.86 bits per heavy atom. The van der Waals surface area contributed by atoms with Crippen LogP contribution in [-0.4, -0.2) is 43.7 Å². The van der Waals surface area contributed by atoms with Crippen molar-refractivity contribution in [3.63, 3.8) is 0 Å². The van der Waals surface area contributed by atoms with Crippen molar-refractivity contribution in [2.45, 2.75) is 12.6 Å². The molecule has 0 bridgehead atoms. The van der Waals surface area contributed by atoms with E-state index in [0.717, 1.165) is 0 Å². The third-order valence-corrected chi connectivity index (χ3v) is 2.66. The molecule has 128 valence electrons. The molecule has 0 fully saturated rings. The normalized spacial score (nSPS) is 10.6. The van der Waals surface area contributed by atoms with Crippen molar-refractivity contribution in [3.8, 4) is 0 Å². The predicted octanol–water partition coefficient (Wildman–Crippen LogP) is 2.73. The molecule has 1 amide bonds. The summed E-state index contributed by atoms with van der Waals surface area (Å²) in [5, 5.41) is 2.63. The lowest BCUT2D eigenvalue weighted by atomic mass is 10.1. The van der Waals surface area contributed by atoms with Crippen LogP contribution in [0.25, 0.3) is 0 Å². The summed E-state index contributed by atoms with van der Waals surface area (Å²) < 4.78 is 36.3. The number of nitrogens with one attached hydrogen (secondary N) is 1. The standard InChI is InChI=1S/C13H18F3N3O.2ClH/c1-19(9-13(14,15)16)8-4-7-18-12(20)10-5-2-3-6-11(10)17;;/h2-3,5-6H,4,7-9,17H2,1H3,(H,18,20);2*1H. The fourth-order valence-electron chi connectivity index (χ4n) is 1.74. The third kappa shape index (κ3) is 8.96. The number of nitrogens with zero attached hydrogens (tertiary/aromatic N) is 1. The number of rotatable bonds is 6. The number of amides is 1. The number of nitrogen functional groups attached to an aromatic ring is 1. The van der Waals surface area contributed by atoms with E-state index in [9.17, 15) is 18.0 Å². The van der Waals surface area contributed by atoms with Crippen LogP contribution < -0.4 is 11.1 Å². The number of hydrogen-bond acceptors (Lipinski definition) is 3. The molecule has 22 heavy (non-hydrogen) atoms. The summed E-state index contributed by atoms with van der Waals surface area (Å²) in [6.45, 7) is -0.397. The van der Waals surface area contributed by atoms with E-state index in [-0.39, 0.29) is 37.3 Å². The summed E-state index contributed by atoms with van der Waals surface area (Å²) in [6.07, 6.45) is -3.76. The predicted molar refractivity (Wildman–Crippen MR) is 85.9 cm³/mol. The number of alkyl halides is 3. The molecule has 0 aliphatic rings. The van der Waals surface area contributed by atoms with Gasteiger partial charge in [0, 0.05) is 12.2 Å². The second-order valence-corrected chi connectivity index (χ2v) is 4.55. The van der Waals surface area contributed by atoms with Gasteiger partial charge >= 0.3 is 6.18 Å². The van der Waals surface area contributed by atoms with Crippen LogP contribution in [0.4, 0.5) is 18.9 Å². The first-order valence-corrected chi connectivity index (χ1v) is 6.17. The first-order chi connectivity index (χ1) is 9.29. The minimum atomic E-state index is -4.20. The molecule has 1 aromatic rings. The van der Waals surface area contributed by atoms with Gasteiger partial charge in [0.25, 0.3) is 5.91 Å². The van der Waals surface area contributed by atoms with Gasteiger partial charge in [0.05, 0.1) is 12.1 Å². The van der Waals surface area contributed by atoms with Gasteiger partial charge in [-0.05, 0) is 32.1 Å². The molecule has 0 heterocycles. The maximum Gasteiger partial charge on any atom is 0.401 e. The summed E-state index contributed by atoms with van der Waals surface area (Å²) in [5.41, 5.74) is 6.39. The number of nitrogens with two attached hydrogens (primary N) is 1. The molecule has 1 aromatic carbocycles. The van der Waals surface area contributed by atoms with Crippen LogP contribution in [0, 0.1) is 0 Å². The third-order valence-electron chi connectivity index (χ3n) is 2.66. The lowest BCUT2D eigenvalue weighted by molar-refractivity contribution is -0.143. The number of carbonyl (C=O) groups excluding carboxylic acids is 1. The number of hydrogen-bond donors (Lipinski definition) is 2. The first-order valence-electron chi connectivity index (χ1n) is 6.17. The minimum absolute atomic E-state index is 0. The number of para-hydroxylation sites is 1. The SMILES string of the molecule is CN(CCCNC(=O)c1ccccc1N)CC(F)(F)F.Cl.Cl. The fourth-order valence-corrected chi connectivity index (χ4v) is 1.74. The summed E-state index contributed by atoms with van der Waals surface area (Å²) in [7, 11) is 1.39. The van der Waals surface area contributed by atoms with E-state index in [2.05, 4.69) is 5.32 Å². The van der Waals surface area contributed by atoms with Gasteiger partial charge in [-0.1, -0.05) is 12.1 Å². The van der Waals surface area contributed by atoms with Crippen LogP contribution >= 0.6 is 24.8 Å². The minimum Gasteiger partial charge on any atom is -0.398 e. The van der Waals surface area contributed by atoms with Crippen LogP contribution in [0.2, 0.25) is 0 Å². The average molecular weight is 362 g/mol. The van der Waals surface area contributed by atoms with E-state index in [4.69, 9.17) is 5.73 Å². The van der Waals surface area contributed by atoms with Gasteiger partial charge in [-0.15, -0.1) is 24.8 Å². The fraction of sp³-hybridized carbons (Fsp3) is 0.462. The number of anilines is 1. The zero-order chi connectivity index (χ0) is 15.2. The van der Waals surface area contributed by atoms with Crippen molar-refractivity contribution in [1.82, 2.24) is 10.2 Å². The van der Waals surface area contributed by atoms with Gasteiger partial charge in [0.1, 0.15) is 0 Å². The molecule has 0 atom stereocenters. The number of halogens is 5. The van der Waals surface area contributed by atoms with E-state index >= 15 is 0 Å². The highest BCUT2D eigenvalue weighted by molar-refractivity contribution is 5.99. The smallest absolute Gasteiger partial charge is 0.398 e. The Bertz CT molecular complexity index is 458. The summed E-state index contributed by atoms with van der Waals surface area (Å²) in [6, 6.07) is 6.63. The molecule has 9 heteroatoms. The van der Waals surface area contributed by atoms with E-state index in [0.29, 0.717) is 24.2 Å². The van der Waals surface area contributed by atoms with Gasteiger partial charge in [-0.25, -0.2) is 0 Å². The summed E-state index contributed by atoms with van der Waals surface area (Å²) in [5.74, 6) is -0.318. The van der Waals surface area contributed by atoms with Gasteiger partial charge in [0.2, 0.25) is 0 Å². The molecule has 0 aromatic heterocycles.